The molecule has 0 atom stereocenters. The number of hydrogen-bond acceptors (Lipinski definition) is 8. The number of aromatic nitrogens is 3. The van der Waals surface area contributed by atoms with Gasteiger partial charge < -0.3 is 15.9 Å². The molecule has 0 fully saturated rings. The summed E-state index contributed by atoms with van der Waals surface area (Å²) in [7, 11) is -3.69. The summed E-state index contributed by atoms with van der Waals surface area (Å²) in [4.78, 5) is 15.0. The highest BCUT2D eigenvalue weighted by Crippen LogP contribution is 2.35. The monoisotopic (exact) mass is 659 g/mol. The van der Waals surface area contributed by atoms with Gasteiger partial charge in [0.2, 0.25) is 0 Å². The summed E-state index contributed by atoms with van der Waals surface area (Å²) in [5, 5.41) is 21.4. The Morgan fingerprint density at radius 1 is 1.10 bits per heavy atom. The molecule has 0 amide bonds. The van der Waals surface area contributed by atoms with E-state index < -0.39 is 56.4 Å². The zero-order valence-electron chi connectivity index (χ0n) is 21.2. The second kappa shape index (κ2) is 11.7. The van der Waals surface area contributed by atoms with E-state index in [1.807, 2.05) is 0 Å². The van der Waals surface area contributed by atoms with Crippen LogP contribution in [0.25, 0.3) is 16.9 Å². The van der Waals surface area contributed by atoms with Crippen LogP contribution in [0.1, 0.15) is 35.5 Å². The molecule has 3 aromatic heterocycles. The maximum absolute atomic E-state index is 13.3. The first-order valence-corrected chi connectivity index (χ1v) is 13.9. The number of carboxylic acid groups (broad SMARTS) is 1. The Balaban J connectivity index is 0.000000260. The highest BCUT2D eigenvalue weighted by atomic mass is 35.5. The normalized spacial score (nSPS) is 12.7. The fraction of sp³-hybridized carbons (Fsp3) is 0.261. The molecule has 1 aromatic carbocycles. The van der Waals surface area contributed by atoms with Crippen LogP contribution >= 0.6 is 22.9 Å². The predicted molar refractivity (Wildman–Crippen MR) is 141 cm³/mol. The molecule has 0 unspecified atom stereocenters. The van der Waals surface area contributed by atoms with Crippen LogP contribution in [-0.4, -0.2) is 51.3 Å². The number of carboxylic acids is 1. The van der Waals surface area contributed by atoms with Crippen molar-refractivity contribution in [3.8, 4) is 11.3 Å². The largest absolute Gasteiger partial charge is 0.477 e. The minimum absolute atomic E-state index is 0.0384. The number of nitrogens with two attached hydrogens (primary N) is 1. The number of thiophene rings is 1. The molecule has 0 saturated carbocycles. The van der Waals surface area contributed by atoms with Crippen molar-refractivity contribution in [1.82, 2.24) is 19.3 Å². The molecule has 4 aromatic rings. The van der Waals surface area contributed by atoms with Crippen LogP contribution in [0.4, 0.5) is 32.0 Å². The summed E-state index contributed by atoms with van der Waals surface area (Å²) in [5.74, 6) is -1.54. The second-order valence-electron chi connectivity index (χ2n) is 9.14. The van der Waals surface area contributed by atoms with Crippen LogP contribution in [0, 0.1) is 0 Å². The van der Waals surface area contributed by atoms with Crippen molar-refractivity contribution in [3.05, 3.63) is 63.8 Å². The Morgan fingerprint density at radius 2 is 1.69 bits per heavy atom. The summed E-state index contributed by atoms with van der Waals surface area (Å²) in [6, 6.07) is 5.19. The molecule has 19 heteroatoms. The number of halogens is 7. The fourth-order valence-electron chi connectivity index (χ4n) is 3.23. The number of carbonyl (C=O) groups is 1. The first kappa shape index (κ1) is 33.1. The summed E-state index contributed by atoms with van der Waals surface area (Å²) >= 11 is 6.57. The van der Waals surface area contributed by atoms with Gasteiger partial charge in [-0.05, 0) is 38.1 Å². The zero-order chi connectivity index (χ0) is 31.8. The molecule has 4 rings (SSSR count). The lowest BCUT2D eigenvalue weighted by Gasteiger charge is -2.22. The summed E-state index contributed by atoms with van der Waals surface area (Å²) in [6.45, 7) is 2.84. The van der Waals surface area contributed by atoms with Gasteiger partial charge in [0.05, 0.1) is 35.3 Å². The number of aliphatic hydroxyl groups is 1. The van der Waals surface area contributed by atoms with Gasteiger partial charge in [0.25, 0.3) is 10.0 Å². The molecule has 0 saturated heterocycles. The van der Waals surface area contributed by atoms with Gasteiger partial charge in [-0.2, -0.15) is 31.4 Å². The molecule has 0 aliphatic heterocycles. The van der Waals surface area contributed by atoms with Gasteiger partial charge in [-0.15, -0.1) is 11.3 Å². The number of benzene rings is 1. The van der Waals surface area contributed by atoms with Crippen LogP contribution < -0.4 is 10.5 Å². The van der Waals surface area contributed by atoms with Crippen LogP contribution in [0.2, 0.25) is 4.34 Å². The van der Waals surface area contributed by atoms with Gasteiger partial charge >= 0.3 is 18.3 Å². The smallest absolute Gasteiger partial charge is 0.433 e. The number of nitrogens with one attached hydrogen (secondary N) is 1. The number of nitrogens with zero attached hydrogens (tertiary/aromatic N) is 3. The molecule has 0 aliphatic carbocycles. The molecular formula is C23H20ClF6N5O5S2. The van der Waals surface area contributed by atoms with Gasteiger partial charge in [-0.1, -0.05) is 23.7 Å². The van der Waals surface area contributed by atoms with Crippen molar-refractivity contribution in [2.75, 3.05) is 12.3 Å². The number of nitrogen functional groups attached to an aromatic ring is 1. The predicted octanol–water partition coefficient (Wildman–Crippen LogP) is 5.17. The quantitative estimate of drug-likeness (QED) is 0.207. The van der Waals surface area contributed by atoms with Crippen molar-refractivity contribution in [3.63, 3.8) is 0 Å². The molecule has 228 valence electrons. The SMILES string of the molecule is CC(C)(CO)NS(=O)(=O)c1cc(N)c(Cl)s1.O=C(O)c1cnn2c(C(F)(F)F)cc(-c3ccc(C(F)(F)F)cc3)nc12. The Kier molecular flexibility index (Phi) is 9.19. The zero-order valence-corrected chi connectivity index (χ0v) is 23.6. The fourth-order valence-corrected chi connectivity index (χ4v) is 6.20. The molecule has 0 radical (unpaired) electrons. The molecule has 42 heavy (non-hydrogen) atoms. The van der Waals surface area contributed by atoms with Crippen molar-refractivity contribution >= 4 is 50.3 Å². The van der Waals surface area contributed by atoms with Gasteiger partial charge in [-0.25, -0.2) is 27.4 Å². The Labute approximate surface area is 242 Å². The maximum Gasteiger partial charge on any atom is 0.433 e. The number of sulfonamides is 1. The molecule has 0 aliphatic rings. The van der Waals surface area contributed by atoms with Crippen molar-refractivity contribution in [1.29, 1.82) is 0 Å². The first-order chi connectivity index (χ1) is 19.2. The molecule has 0 spiro atoms. The third-order valence-corrected chi connectivity index (χ3v) is 8.82. The maximum atomic E-state index is 13.3. The molecule has 0 bridgehead atoms. The number of hydrogen-bond donors (Lipinski definition) is 4. The highest BCUT2D eigenvalue weighted by molar-refractivity contribution is 7.91. The van der Waals surface area contributed by atoms with E-state index >= 15 is 0 Å². The second-order valence-corrected chi connectivity index (χ2v) is 12.7. The number of aliphatic hydroxyl groups excluding tert-OH is 1. The summed E-state index contributed by atoms with van der Waals surface area (Å²) < 4.78 is 104. The van der Waals surface area contributed by atoms with Crippen LogP contribution in [0.3, 0.4) is 0 Å². The topological polar surface area (TPSA) is 160 Å². The van der Waals surface area contributed by atoms with E-state index in [1.54, 1.807) is 13.8 Å². The number of anilines is 1. The third kappa shape index (κ3) is 7.49. The van der Waals surface area contributed by atoms with Crippen LogP contribution in [-0.2, 0) is 22.4 Å². The first-order valence-electron chi connectivity index (χ1n) is 11.2. The molecule has 5 N–H and O–H groups in total. The van der Waals surface area contributed by atoms with Crippen molar-refractivity contribution in [2.24, 2.45) is 0 Å². The number of rotatable bonds is 6. The lowest BCUT2D eigenvalue weighted by molar-refractivity contribution is -0.142. The van der Waals surface area contributed by atoms with E-state index in [0.717, 1.165) is 29.7 Å². The van der Waals surface area contributed by atoms with Crippen LogP contribution in [0.15, 0.2) is 46.8 Å². The number of aromatic carboxylic acids is 1. The van der Waals surface area contributed by atoms with Gasteiger partial charge in [0.15, 0.2) is 11.3 Å². The minimum Gasteiger partial charge on any atom is -0.477 e. The standard InChI is InChI=1S/C15H7F6N3O2.C8H13ClN2O3S2/c16-14(17,18)8-3-1-7(2-4-8)10-5-11(15(19,20)21)24-12(23-10)9(6-22-24)13(25)26;1-8(2,4-12)11-16(13,14)6-3-5(10)7(9)15-6/h1-6H,(H,25,26);3,11-12H,4,10H2,1-2H3. The van der Waals surface area contributed by atoms with E-state index in [4.69, 9.17) is 27.5 Å². The number of fused-ring (bicyclic) bond motifs is 1. The van der Waals surface area contributed by atoms with Crippen molar-refractivity contribution < 1.29 is 49.8 Å². The van der Waals surface area contributed by atoms with E-state index in [-0.39, 0.29) is 32.1 Å². The minimum atomic E-state index is -4.89. The summed E-state index contributed by atoms with van der Waals surface area (Å²) in [6.07, 6.45) is -8.77. The van der Waals surface area contributed by atoms with Gasteiger partial charge in [0.1, 0.15) is 14.1 Å². The molecule has 10 nitrogen and oxygen atoms in total. The Bertz CT molecular complexity index is 1700. The van der Waals surface area contributed by atoms with Crippen molar-refractivity contribution in [2.45, 2.75) is 35.9 Å². The Hall–Kier alpha value is -3.45. The highest BCUT2D eigenvalue weighted by Gasteiger charge is 2.36. The van der Waals surface area contributed by atoms with Gasteiger partial charge in [-0.3, -0.25) is 0 Å². The average Bonchev–Trinajstić information content (AvgIpc) is 3.45. The summed E-state index contributed by atoms with van der Waals surface area (Å²) in [5.41, 5.74) is 0.992. The Morgan fingerprint density at radius 3 is 2.14 bits per heavy atom. The van der Waals surface area contributed by atoms with E-state index in [2.05, 4.69) is 14.8 Å². The molecule has 3 heterocycles. The van der Waals surface area contributed by atoms with Gasteiger partial charge in [0, 0.05) is 5.56 Å². The van der Waals surface area contributed by atoms with E-state index in [1.165, 1.54) is 6.07 Å². The lowest BCUT2D eigenvalue weighted by Crippen LogP contribution is -2.45. The van der Waals surface area contributed by atoms with E-state index in [0.29, 0.717) is 22.7 Å². The van der Waals surface area contributed by atoms with E-state index in [9.17, 15) is 39.6 Å². The molecular weight excluding hydrogens is 640 g/mol. The van der Waals surface area contributed by atoms with Crippen LogP contribution in [0.5, 0.6) is 0 Å². The number of alkyl halides is 6. The lowest BCUT2D eigenvalue weighted by atomic mass is 10.1. The third-order valence-electron chi connectivity index (χ3n) is 5.26. The average molecular weight is 660 g/mol.